The summed E-state index contributed by atoms with van der Waals surface area (Å²) in [5, 5.41) is 0. The Balaban J connectivity index is 1.88. The zero-order valence-corrected chi connectivity index (χ0v) is 12.5. The van der Waals surface area contributed by atoms with E-state index >= 15 is 0 Å². The molecule has 0 unspecified atom stereocenters. The second-order valence-corrected chi connectivity index (χ2v) is 6.67. The molecule has 0 heterocycles. The largest absolute Gasteiger partial charge is 0.343 e. The first-order valence-electron chi connectivity index (χ1n) is 8.17. The van der Waals surface area contributed by atoms with E-state index in [9.17, 15) is 4.79 Å². The molecule has 0 saturated heterocycles. The number of nitrogens with zero attached hydrogens (tertiary/aromatic N) is 1. The van der Waals surface area contributed by atoms with Gasteiger partial charge >= 0.3 is 0 Å². The van der Waals surface area contributed by atoms with Crippen molar-refractivity contribution >= 4 is 5.91 Å². The SMILES string of the molecule is CCN(CC1CCC1)C(=O)CC1(CN)CCCCC1. The molecule has 2 aliphatic rings. The minimum absolute atomic E-state index is 0.113. The minimum Gasteiger partial charge on any atom is -0.343 e. The molecule has 2 saturated carbocycles. The average molecular weight is 266 g/mol. The number of nitrogens with two attached hydrogens (primary N) is 1. The van der Waals surface area contributed by atoms with Crippen molar-refractivity contribution < 1.29 is 4.79 Å². The molecule has 3 nitrogen and oxygen atoms in total. The predicted octanol–water partition coefficient (Wildman–Crippen LogP) is 2.93. The van der Waals surface area contributed by atoms with Crippen LogP contribution in [0.1, 0.15) is 64.7 Å². The van der Waals surface area contributed by atoms with Crippen LogP contribution in [0.4, 0.5) is 0 Å². The first kappa shape index (κ1) is 14.8. The standard InChI is InChI=1S/C16H30N2O/c1-2-18(12-14-7-6-8-14)15(19)11-16(13-17)9-4-3-5-10-16/h14H,2-13,17H2,1H3. The van der Waals surface area contributed by atoms with E-state index in [1.807, 2.05) is 0 Å². The molecule has 0 aliphatic heterocycles. The smallest absolute Gasteiger partial charge is 0.223 e. The highest BCUT2D eigenvalue weighted by Crippen LogP contribution is 2.39. The summed E-state index contributed by atoms with van der Waals surface area (Å²) in [6.07, 6.45) is 10.8. The predicted molar refractivity (Wildman–Crippen MR) is 78.8 cm³/mol. The van der Waals surface area contributed by atoms with Crippen LogP contribution in [0.2, 0.25) is 0 Å². The molecule has 3 heteroatoms. The van der Waals surface area contributed by atoms with Crippen molar-refractivity contribution in [1.82, 2.24) is 4.90 Å². The van der Waals surface area contributed by atoms with E-state index in [4.69, 9.17) is 5.73 Å². The van der Waals surface area contributed by atoms with Crippen LogP contribution in [0.5, 0.6) is 0 Å². The van der Waals surface area contributed by atoms with Crippen molar-refractivity contribution in [3.8, 4) is 0 Å². The van der Waals surface area contributed by atoms with E-state index in [1.54, 1.807) is 0 Å². The van der Waals surface area contributed by atoms with Crippen LogP contribution < -0.4 is 5.73 Å². The van der Waals surface area contributed by atoms with Gasteiger partial charge in [0.1, 0.15) is 0 Å². The molecular weight excluding hydrogens is 236 g/mol. The molecule has 0 aromatic carbocycles. The molecule has 0 atom stereocenters. The molecule has 2 fully saturated rings. The van der Waals surface area contributed by atoms with Crippen LogP contribution in [0, 0.1) is 11.3 Å². The Labute approximate surface area is 117 Å². The van der Waals surface area contributed by atoms with Gasteiger partial charge in [-0.05, 0) is 50.5 Å². The van der Waals surface area contributed by atoms with Gasteiger partial charge in [0.05, 0.1) is 0 Å². The highest BCUT2D eigenvalue weighted by atomic mass is 16.2. The Morgan fingerprint density at radius 1 is 1.21 bits per heavy atom. The fourth-order valence-electron chi connectivity index (χ4n) is 3.58. The van der Waals surface area contributed by atoms with Crippen LogP contribution in [-0.4, -0.2) is 30.4 Å². The van der Waals surface area contributed by atoms with E-state index in [0.717, 1.165) is 31.8 Å². The van der Waals surface area contributed by atoms with E-state index in [2.05, 4.69) is 11.8 Å². The Kier molecular flexibility index (Phi) is 5.26. The Morgan fingerprint density at radius 2 is 1.89 bits per heavy atom. The summed E-state index contributed by atoms with van der Waals surface area (Å²) in [4.78, 5) is 14.6. The van der Waals surface area contributed by atoms with Gasteiger partial charge < -0.3 is 10.6 Å². The van der Waals surface area contributed by atoms with Gasteiger partial charge in [0.25, 0.3) is 0 Å². The summed E-state index contributed by atoms with van der Waals surface area (Å²) in [6.45, 7) is 4.62. The summed E-state index contributed by atoms with van der Waals surface area (Å²) in [5.74, 6) is 1.12. The maximum absolute atomic E-state index is 12.6. The maximum atomic E-state index is 12.6. The summed E-state index contributed by atoms with van der Waals surface area (Å²) in [7, 11) is 0. The average Bonchev–Trinajstić information content (AvgIpc) is 2.38. The van der Waals surface area contributed by atoms with E-state index in [1.165, 1.54) is 38.5 Å². The number of hydrogen-bond donors (Lipinski definition) is 1. The third-order valence-corrected chi connectivity index (χ3v) is 5.31. The van der Waals surface area contributed by atoms with Gasteiger partial charge in [-0.15, -0.1) is 0 Å². The molecule has 0 radical (unpaired) electrons. The van der Waals surface area contributed by atoms with Crippen LogP contribution in [0.3, 0.4) is 0 Å². The summed E-state index contributed by atoms with van der Waals surface area (Å²) in [6, 6.07) is 0. The van der Waals surface area contributed by atoms with Gasteiger partial charge in [-0.25, -0.2) is 0 Å². The van der Waals surface area contributed by atoms with Gasteiger partial charge in [-0.3, -0.25) is 4.79 Å². The summed E-state index contributed by atoms with van der Waals surface area (Å²) < 4.78 is 0. The second kappa shape index (κ2) is 6.74. The molecular formula is C16H30N2O. The lowest BCUT2D eigenvalue weighted by Crippen LogP contribution is -2.42. The fraction of sp³-hybridized carbons (Fsp3) is 0.938. The van der Waals surface area contributed by atoms with Gasteiger partial charge in [-0.2, -0.15) is 0 Å². The molecule has 2 N–H and O–H groups in total. The highest BCUT2D eigenvalue weighted by molar-refractivity contribution is 5.77. The summed E-state index contributed by atoms with van der Waals surface area (Å²) >= 11 is 0. The molecule has 0 spiro atoms. The molecule has 19 heavy (non-hydrogen) atoms. The lowest BCUT2D eigenvalue weighted by atomic mass is 9.71. The van der Waals surface area contributed by atoms with Gasteiger partial charge in [0, 0.05) is 19.5 Å². The van der Waals surface area contributed by atoms with Gasteiger partial charge in [-0.1, -0.05) is 25.7 Å². The number of amides is 1. The van der Waals surface area contributed by atoms with Crippen LogP contribution in [0.25, 0.3) is 0 Å². The second-order valence-electron chi connectivity index (χ2n) is 6.67. The van der Waals surface area contributed by atoms with E-state index in [-0.39, 0.29) is 5.41 Å². The third kappa shape index (κ3) is 3.71. The van der Waals surface area contributed by atoms with Crippen molar-refractivity contribution in [2.24, 2.45) is 17.1 Å². The number of carbonyl (C=O) groups excluding carboxylic acids is 1. The number of hydrogen-bond acceptors (Lipinski definition) is 2. The van der Waals surface area contributed by atoms with Gasteiger partial charge in [0.15, 0.2) is 0 Å². The first-order valence-corrected chi connectivity index (χ1v) is 8.17. The van der Waals surface area contributed by atoms with E-state index in [0.29, 0.717) is 18.9 Å². The van der Waals surface area contributed by atoms with Crippen molar-refractivity contribution in [2.45, 2.75) is 64.7 Å². The lowest BCUT2D eigenvalue weighted by molar-refractivity contribution is -0.135. The van der Waals surface area contributed by atoms with Crippen LogP contribution in [-0.2, 0) is 4.79 Å². The van der Waals surface area contributed by atoms with Crippen molar-refractivity contribution in [3.05, 3.63) is 0 Å². The molecule has 0 aromatic heterocycles. The highest BCUT2D eigenvalue weighted by Gasteiger charge is 2.34. The first-order chi connectivity index (χ1) is 9.19. The Hall–Kier alpha value is -0.570. The maximum Gasteiger partial charge on any atom is 0.223 e. The third-order valence-electron chi connectivity index (χ3n) is 5.31. The fourth-order valence-corrected chi connectivity index (χ4v) is 3.58. The molecule has 2 rings (SSSR count). The Morgan fingerprint density at radius 3 is 2.37 bits per heavy atom. The van der Waals surface area contributed by atoms with E-state index < -0.39 is 0 Å². The van der Waals surface area contributed by atoms with Crippen molar-refractivity contribution in [2.75, 3.05) is 19.6 Å². The normalized spacial score (nSPS) is 22.8. The molecule has 110 valence electrons. The molecule has 1 amide bonds. The van der Waals surface area contributed by atoms with Crippen LogP contribution in [0.15, 0.2) is 0 Å². The monoisotopic (exact) mass is 266 g/mol. The molecule has 2 aliphatic carbocycles. The zero-order chi connectivity index (χ0) is 13.7. The zero-order valence-electron chi connectivity index (χ0n) is 12.5. The lowest BCUT2D eigenvalue weighted by Gasteiger charge is -2.38. The summed E-state index contributed by atoms with van der Waals surface area (Å²) in [5.41, 5.74) is 6.11. The van der Waals surface area contributed by atoms with Gasteiger partial charge in [0.2, 0.25) is 5.91 Å². The van der Waals surface area contributed by atoms with Crippen molar-refractivity contribution in [3.63, 3.8) is 0 Å². The number of carbonyl (C=O) groups is 1. The molecule has 0 bridgehead atoms. The number of rotatable bonds is 6. The topological polar surface area (TPSA) is 46.3 Å². The Bertz CT molecular complexity index is 293. The molecule has 0 aromatic rings. The van der Waals surface area contributed by atoms with Crippen LogP contribution >= 0.6 is 0 Å². The minimum atomic E-state index is 0.113. The quantitative estimate of drug-likeness (QED) is 0.803. The van der Waals surface area contributed by atoms with Crippen molar-refractivity contribution in [1.29, 1.82) is 0 Å².